The molecule has 1 atom stereocenters. The van der Waals surface area contributed by atoms with E-state index in [1.807, 2.05) is 35.2 Å². The van der Waals surface area contributed by atoms with Crippen LogP contribution in [0.2, 0.25) is 5.02 Å². The smallest absolute Gasteiger partial charge is 0.263 e. The van der Waals surface area contributed by atoms with Crippen LogP contribution in [0.3, 0.4) is 0 Å². The summed E-state index contributed by atoms with van der Waals surface area (Å²) in [6.07, 6.45) is 3.80. The number of amides is 1. The van der Waals surface area contributed by atoms with E-state index in [-0.39, 0.29) is 5.91 Å². The zero-order chi connectivity index (χ0) is 19.1. The molecule has 3 rings (SSSR count). The van der Waals surface area contributed by atoms with Crippen molar-refractivity contribution in [3.8, 4) is 5.75 Å². The molecule has 5 heteroatoms. The van der Waals surface area contributed by atoms with Gasteiger partial charge in [0.05, 0.1) is 0 Å². The van der Waals surface area contributed by atoms with Gasteiger partial charge in [0.15, 0.2) is 6.10 Å². The average molecular weight is 385 g/mol. The molecule has 1 fully saturated rings. The number of ether oxygens (including phenoxy) is 1. The molecule has 27 heavy (non-hydrogen) atoms. The van der Waals surface area contributed by atoms with Crippen LogP contribution in [0.1, 0.15) is 12.5 Å². The molecule has 0 radical (unpaired) electrons. The van der Waals surface area contributed by atoms with Crippen LogP contribution in [0.25, 0.3) is 6.08 Å². The minimum absolute atomic E-state index is 0.0226. The standard InChI is InChI=1S/C22H25ClN2O2/c1-18(27-21-11-5-10-20(23)17-21)22(26)25-15-13-24(14-16-25)12-6-9-19-7-3-2-4-8-19/h2-11,17-18H,12-16H2,1H3/b9-6+/t18-/m1/s1. The lowest BCUT2D eigenvalue weighted by Gasteiger charge is -2.35. The van der Waals surface area contributed by atoms with Crippen molar-refractivity contribution in [3.05, 3.63) is 71.3 Å². The summed E-state index contributed by atoms with van der Waals surface area (Å²) in [5, 5.41) is 0.601. The summed E-state index contributed by atoms with van der Waals surface area (Å²) in [4.78, 5) is 16.9. The summed E-state index contributed by atoms with van der Waals surface area (Å²) in [7, 11) is 0. The van der Waals surface area contributed by atoms with Crippen LogP contribution < -0.4 is 4.74 Å². The van der Waals surface area contributed by atoms with E-state index >= 15 is 0 Å². The van der Waals surface area contributed by atoms with Gasteiger partial charge in [-0.25, -0.2) is 0 Å². The van der Waals surface area contributed by atoms with E-state index in [2.05, 4.69) is 29.2 Å². The lowest BCUT2D eigenvalue weighted by Crippen LogP contribution is -2.51. The third kappa shape index (κ3) is 5.84. The van der Waals surface area contributed by atoms with Gasteiger partial charge in [0.25, 0.3) is 5.91 Å². The molecule has 0 unspecified atom stereocenters. The number of carbonyl (C=O) groups excluding carboxylic acids is 1. The predicted molar refractivity (Wildman–Crippen MR) is 110 cm³/mol. The number of nitrogens with zero attached hydrogens (tertiary/aromatic N) is 2. The van der Waals surface area contributed by atoms with E-state index in [0.717, 1.165) is 32.7 Å². The number of rotatable bonds is 6. The largest absolute Gasteiger partial charge is 0.481 e. The molecule has 0 aliphatic carbocycles. The lowest BCUT2D eigenvalue weighted by molar-refractivity contribution is -0.139. The zero-order valence-corrected chi connectivity index (χ0v) is 16.3. The maximum atomic E-state index is 12.6. The molecule has 0 bridgehead atoms. The fourth-order valence-electron chi connectivity index (χ4n) is 3.10. The minimum Gasteiger partial charge on any atom is -0.481 e. The van der Waals surface area contributed by atoms with Crippen LogP contribution in [0.4, 0.5) is 0 Å². The molecule has 1 saturated heterocycles. The van der Waals surface area contributed by atoms with Gasteiger partial charge in [-0.1, -0.05) is 60.2 Å². The first-order chi connectivity index (χ1) is 13.1. The van der Waals surface area contributed by atoms with Gasteiger partial charge in [-0.2, -0.15) is 0 Å². The summed E-state index contributed by atoms with van der Waals surface area (Å²) < 4.78 is 5.75. The Hall–Kier alpha value is -2.30. The molecular formula is C22H25ClN2O2. The van der Waals surface area contributed by atoms with Crippen LogP contribution in [0.5, 0.6) is 5.75 Å². The molecular weight excluding hydrogens is 360 g/mol. The van der Waals surface area contributed by atoms with Gasteiger partial charge in [-0.15, -0.1) is 0 Å². The van der Waals surface area contributed by atoms with Crippen LogP contribution >= 0.6 is 11.6 Å². The highest BCUT2D eigenvalue weighted by Gasteiger charge is 2.25. The van der Waals surface area contributed by atoms with Gasteiger partial charge in [0, 0.05) is 37.7 Å². The van der Waals surface area contributed by atoms with Crippen molar-refractivity contribution in [1.82, 2.24) is 9.80 Å². The topological polar surface area (TPSA) is 32.8 Å². The van der Waals surface area contributed by atoms with Crippen LogP contribution in [0.15, 0.2) is 60.7 Å². The van der Waals surface area contributed by atoms with Gasteiger partial charge in [0.1, 0.15) is 5.75 Å². The molecule has 4 nitrogen and oxygen atoms in total. The van der Waals surface area contributed by atoms with Gasteiger partial charge in [0.2, 0.25) is 0 Å². The summed E-state index contributed by atoms with van der Waals surface area (Å²) >= 11 is 5.97. The van der Waals surface area contributed by atoms with Crippen molar-refractivity contribution in [3.63, 3.8) is 0 Å². The second-order valence-corrected chi connectivity index (χ2v) is 7.09. The number of piperazine rings is 1. The first-order valence-corrected chi connectivity index (χ1v) is 9.64. The third-order valence-corrected chi connectivity index (χ3v) is 4.85. The SMILES string of the molecule is C[C@@H](Oc1cccc(Cl)c1)C(=O)N1CCN(C/C=C/c2ccccc2)CC1. The Morgan fingerprint density at radius 2 is 1.85 bits per heavy atom. The zero-order valence-electron chi connectivity index (χ0n) is 15.6. The summed E-state index contributed by atoms with van der Waals surface area (Å²) in [5.74, 6) is 0.641. The maximum absolute atomic E-state index is 12.6. The highest BCUT2D eigenvalue weighted by molar-refractivity contribution is 6.30. The van der Waals surface area contributed by atoms with Gasteiger partial charge >= 0.3 is 0 Å². The fraction of sp³-hybridized carbons (Fsp3) is 0.318. The molecule has 0 saturated carbocycles. The molecule has 0 spiro atoms. The second kappa shape index (κ2) is 9.58. The van der Waals surface area contributed by atoms with E-state index in [1.165, 1.54) is 5.56 Å². The molecule has 0 N–H and O–H groups in total. The minimum atomic E-state index is -0.520. The van der Waals surface area contributed by atoms with E-state index in [9.17, 15) is 4.79 Å². The molecule has 1 aliphatic rings. The number of hydrogen-bond acceptors (Lipinski definition) is 3. The monoisotopic (exact) mass is 384 g/mol. The maximum Gasteiger partial charge on any atom is 0.263 e. The predicted octanol–water partition coefficient (Wildman–Crippen LogP) is 3.96. The number of benzene rings is 2. The Kier molecular flexibility index (Phi) is 6.91. The Balaban J connectivity index is 1.44. The summed E-state index contributed by atoms with van der Waals surface area (Å²) in [6, 6.07) is 17.4. The van der Waals surface area contributed by atoms with Gasteiger partial charge in [-0.05, 0) is 30.7 Å². The number of carbonyl (C=O) groups is 1. The Morgan fingerprint density at radius 1 is 1.11 bits per heavy atom. The molecule has 1 amide bonds. The highest BCUT2D eigenvalue weighted by Crippen LogP contribution is 2.19. The highest BCUT2D eigenvalue weighted by atomic mass is 35.5. The third-order valence-electron chi connectivity index (χ3n) is 4.61. The molecule has 2 aromatic rings. The Bertz CT molecular complexity index is 771. The van der Waals surface area contributed by atoms with Crippen LogP contribution in [-0.4, -0.2) is 54.5 Å². The first kappa shape index (κ1) is 19.5. The van der Waals surface area contributed by atoms with Gasteiger partial charge in [-0.3, -0.25) is 9.69 Å². The molecule has 1 aliphatic heterocycles. The normalized spacial score (nSPS) is 16.4. The Labute approximate surface area is 166 Å². The van der Waals surface area contributed by atoms with Gasteiger partial charge < -0.3 is 9.64 Å². The Morgan fingerprint density at radius 3 is 2.56 bits per heavy atom. The van der Waals surface area contributed by atoms with E-state index in [0.29, 0.717) is 10.8 Å². The molecule has 142 valence electrons. The van der Waals surface area contributed by atoms with E-state index < -0.39 is 6.10 Å². The quantitative estimate of drug-likeness (QED) is 0.755. The van der Waals surface area contributed by atoms with Crippen molar-refractivity contribution < 1.29 is 9.53 Å². The van der Waals surface area contributed by atoms with Crippen molar-refractivity contribution in [2.24, 2.45) is 0 Å². The van der Waals surface area contributed by atoms with E-state index in [1.54, 1.807) is 19.1 Å². The lowest BCUT2D eigenvalue weighted by atomic mass is 10.2. The number of hydrogen-bond donors (Lipinski definition) is 0. The first-order valence-electron chi connectivity index (χ1n) is 9.27. The molecule has 1 heterocycles. The summed E-state index contributed by atoms with van der Waals surface area (Å²) in [6.45, 7) is 5.87. The fourth-order valence-corrected chi connectivity index (χ4v) is 3.29. The van der Waals surface area contributed by atoms with E-state index in [4.69, 9.17) is 16.3 Å². The van der Waals surface area contributed by atoms with Crippen molar-refractivity contribution in [2.45, 2.75) is 13.0 Å². The molecule has 0 aromatic heterocycles. The van der Waals surface area contributed by atoms with Crippen molar-refractivity contribution in [1.29, 1.82) is 0 Å². The number of halogens is 1. The van der Waals surface area contributed by atoms with Crippen molar-refractivity contribution >= 4 is 23.6 Å². The summed E-state index contributed by atoms with van der Waals surface area (Å²) in [5.41, 5.74) is 1.21. The van der Waals surface area contributed by atoms with Crippen molar-refractivity contribution in [2.75, 3.05) is 32.7 Å². The average Bonchev–Trinajstić information content (AvgIpc) is 2.69. The van der Waals surface area contributed by atoms with Crippen LogP contribution in [-0.2, 0) is 4.79 Å². The molecule has 2 aromatic carbocycles. The van der Waals surface area contributed by atoms with Crippen LogP contribution in [0, 0.1) is 0 Å². The second-order valence-electron chi connectivity index (χ2n) is 6.66.